The Hall–Kier alpha value is -1.11. The molecule has 1 aliphatic heterocycles. The standard InChI is InChI=1S/C19H38O5.C2H2O/c1-2-3-4-5-6-7-8-9-10-11-12-13-14-15-18(22)24-19(23)17(21)16-20;1-2-3-1/h17,19-21,23H,2-16H2,1H3;1-2H. The highest BCUT2D eigenvalue weighted by atomic mass is 16.6. The molecule has 1 rings (SSSR count). The molecule has 2 atom stereocenters. The molecule has 0 radical (unpaired) electrons. The summed E-state index contributed by atoms with van der Waals surface area (Å²) in [6.45, 7) is 1.61. The van der Waals surface area contributed by atoms with Gasteiger partial charge in [-0.25, -0.2) is 0 Å². The van der Waals surface area contributed by atoms with Crippen LogP contribution >= 0.6 is 0 Å². The lowest BCUT2D eigenvalue weighted by Crippen LogP contribution is -2.33. The molecule has 0 spiro atoms. The summed E-state index contributed by atoms with van der Waals surface area (Å²) in [4.78, 5) is 11.4. The Labute approximate surface area is 164 Å². The van der Waals surface area contributed by atoms with E-state index in [0.29, 0.717) is 0 Å². The van der Waals surface area contributed by atoms with E-state index in [9.17, 15) is 9.90 Å². The van der Waals surface area contributed by atoms with E-state index in [4.69, 9.17) is 10.2 Å². The molecule has 0 saturated heterocycles. The van der Waals surface area contributed by atoms with Crippen LogP contribution in [0.15, 0.2) is 12.5 Å². The van der Waals surface area contributed by atoms with E-state index in [-0.39, 0.29) is 6.42 Å². The zero-order valence-electron chi connectivity index (χ0n) is 17.0. The summed E-state index contributed by atoms with van der Waals surface area (Å²) in [5.74, 6) is -0.530. The van der Waals surface area contributed by atoms with Crippen LogP contribution in [0.4, 0.5) is 0 Å². The van der Waals surface area contributed by atoms with Crippen LogP contribution in [0.2, 0.25) is 0 Å². The van der Waals surface area contributed by atoms with Gasteiger partial charge in [-0.3, -0.25) is 4.79 Å². The summed E-state index contributed by atoms with van der Waals surface area (Å²) >= 11 is 0. The van der Waals surface area contributed by atoms with Crippen LogP contribution in [0.1, 0.15) is 96.8 Å². The third kappa shape index (κ3) is 21.1. The van der Waals surface area contributed by atoms with Crippen LogP contribution < -0.4 is 0 Å². The predicted molar refractivity (Wildman–Crippen MR) is 106 cm³/mol. The molecular weight excluding hydrogens is 348 g/mol. The Kier molecular flexibility index (Phi) is 18.8. The maximum Gasteiger partial charge on any atom is 0.308 e. The van der Waals surface area contributed by atoms with Gasteiger partial charge in [-0.2, -0.15) is 0 Å². The lowest BCUT2D eigenvalue weighted by molar-refractivity contribution is -0.190. The number of aliphatic hydroxyl groups excluding tert-OH is 3. The summed E-state index contributed by atoms with van der Waals surface area (Å²) in [5.41, 5.74) is 0. The van der Waals surface area contributed by atoms with Crippen molar-refractivity contribution in [3.8, 4) is 0 Å². The van der Waals surface area contributed by atoms with E-state index < -0.39 is 25.0 Å². The average molecular weight is 389 g/mol. The maximum atomic E-state index is 11.4. The highest BCUT2D eigenvalue weighted by molar-refractivity contribution is 5.69. The fourth-order valence-corrected chi connectivity index (χ4v) is 2.65. The van der Waals surface area contributed by atoms with Crippen molar-refractivity contribution in [2.75, 3.05) is 6.61 Å². The van der Waals surface area contributed by atoms with Gasteiger partial charge in [0.1, 0.15) is 18.6 Å². The Morgan fingerprint density at radius 2 is 1.26 bits per heavy atom. The van der Waals surface area contributed by atoms with Gasteiger partial charge in [0.25, 0.3) is 0 Å². The summed E-state index contributed by atoms with van der Waals surface area (Å²) in [6, 6.07) is 0. The van der Waals surface area contributed by atoms with Gasteiger partial charge in [-0.15, -0.1) is 0 Å². The van der Waals surface area contributed by atoms with E-state index in [1.54, 1.807) is 12.5 Å². The number of hydrogen-bond acceptors (Lipinski definition) is 6. The molecule has 1 heterocycles. The largest absolute Gasteiger partial charge is 0.466 e. The fraction of sp³-hybridized carbons (Fsp3) is 0.857. The quantitative estimate of drug-likeness (QED) is 0.196. The first-order valence-corrected chi connectivity index (χ1v) is 10.6. The molecule has 0 fully saturated rings. The van der Waals surface area contributed by atoms with E-state index in [1.165, 1.54) is 64.2 Å². The minimum atomic E-state index is -1.63. The number of carbonyl (C=O) groups is 1. The summed E-state index contributed by atoms with van der Waals surface area (Å²) < 4.78 is 8.87. The molecule has 2 unspecified atom stereocenters. The molecule has 6 nitrogen and oxygen atoms in total. The molecule has 0 saturated carbocycles. The SMILES string of the molecule is C1=CO1.CCCCCCCCCCCCCCCC(=O)OC(O)C(O)CO. The number of ether oxygens (including phenoxy) is 2. The first-order chi connectivity index (χ1) is 13.1. The zero-order valence-corrected chi connectivity index (χ0v) is 17.0. The Balaban J connectivity index is 0.00000203. The normalized spacial score (nSPS) is 13.9. The monoisotopic (exact) mass is 388 g/mol. The highest BCUT2D eigenvalue weighted by Gasteiger charge is 2.19. The van der Waals surface area contributed by atoms with Gasteiger partial charge in [0.2, 0.25) is 6.29 Å². The summed E-state index contributed by atoms with van der Waals surface area (Å²) in [7, 11) is 0. The van der Waals surface area contributed by atoms with Crippen LogP contribution in [-0.2, 0) is 14.3 Å². The molecule has 0 aliphatic carbocycles. The first kappa shape index (κ1) is 25.9. The molecule has 160 valence electrons. The third-order valence-corrected chi connectivity index (χ3v) is 4.39. The second kappa shape index (κ2) is 19.6. The van der Waals surface area contributed by atoms with Crippen molar-refractivity contribution in [3.63, 3.8) is 0 Å². The molecule has 3 N–H and O–H groups in total. The average Bonchev–Trinajstić information content (AvgIpc) is 3.54. The third-order valence-electron chi connectivity index (χ3n) is 4.39. The topological polar surface area (TPSA) is 99.5 Å². The van der Waals surface area contributed by atoms with E-state index >= 15 is 0 Å². The summed E-state index contributed by atoms with van der Waals surface area (Å²) in [6.07, 6.45) is 16.5. The van der Waals surface area contributed by atoms with Gasteiger partial charge >= 0.3 is 5.97 Å². The van der Waals surface area contributed by atoms with Gasteiger partial charge in [-0.05, 0) is 6.42 Å². The molecule has 0 amide bonds. The van der Waals surface area contributed by atoms with Crippen molar-refractivity contribution in [3.05, 3.63) is 12.5 Å². The predicted octanol–water partition coefficient (Wildman–Crippen LogP) is 4.17. The lowest BCUT2D eigenvalue weighted by Gasteiger charge is -2.15. The van der Waals surface area contributed by atoms with Gasteiger partial charge in [0, 0.05) is 6.42 Å². The van der Waals surface area contributed by atoms with Crippen molar-refractivity contribution < 1.29 is 29.6 Å². The van der Waals surface area contributed by atoms with Crippen molar-refractivity contribution in [1.82, 2.24) is 0 Å². The lowest BCUT2D eigenvalue weighted by atomic mass is 10.0. The Morgan fingerprint density at radius 3 is 1.63 bits per heavy atom. The molecule has 6 heteroatoms. The minimum Gasteiger partial charge on any atom is -0.466 e. The van der Waals surface area contributed by atoms with Crippen LogP contribution in [0.25, 0.3) is 0 Å². The van der Waals surface area contributed by atoms with Gasteiger partial charge < -0.3 is 24.8 Å². The molecule has 0 aromatic carbocycles. The minimum absolute atomic E-state index is 0.243. The van der Waals surface area contributed by atoms with Crippen molar-refractivity contribution in [1.29, 1.82) is 0 Å². The van der Waals surface area contributed by atoms with Crippen molar-refractivity contribution in [2.24, 2.45) is 0 Å². The van der Waals surface area contributed by atoms with Gasteiger partial charge in [0.05, 0.1) is 6.61 Å². The van der Waals surface area contributed by atoms with Crippen molar-refractivity contribution >= 4 is 5.97 Å². The number of hydrogen-bond donors (Lipinski definition) is 3. The second-order valence-electron chi connectivity index (χ2n) is 7.03. The Bertz CT molecular complexity index is 355. The fourth-order valence-electron chi connectivity index (χ4n) is 2.65. The molecule has 0 aromatic rings. The summed E-state index contributed by atoms with van der Waals surface area (Å²) in [5, 5.41) is 26.9. The van der Waals surface area contributed by atoms with Gasteiger partial charge in [0.15, 0.2) is 0 Å². The van der Waals surface area contributed by atoms with Crippen LogP contribution in [-0.4, -0.2) is 40.3 Å². The Morgan fingerprint density at radius 1 is 0.852 bits per heavy atom. The van der Waals surface area contributed by atoms with E-state index in [2.05, 4.69) is 16.4 Å². The van der Waals surface area contributed by atoms with Crippen molar-refractivity contribution in [2.45, 2.75) is 109 Å². The van der Waals surface area contributed by atoms with Crippen LogP contribution in [0.3, 0.4) is 0 Å². The number of aliphatic hydroxyl groups is 3. The zero-order chi connectivity index (χ0) is 20.2. The number of rotatable bonds is 17. The number of unbranched alkanes of at least 4 members (excludes halogenated alkanes) is 12. The van der Waals surface area contributed by atoms with Gasteiger partial charge in [-0.1, -0.05) is 84.0 Å². The molecule has 0 aromatic heterocycles. The maximum absolute atomic E-state index is 11.4. The molecular formula is C21H40O6. The number of esters is 1. The molecule has 27 heavy (non-hydrogen) atoms. The molecule has 0 bridgehead atoms. The highest BCUT2D eigenvalue weighted by Crippen LogP contribution is 2.13. The second-order valence-corrected chi connectivity index (χ2v) is 7.03. The smallest absolute Gasteiger partial charge is 0.308 e. The van der Waals surface area contributed by atoms with E-state index in [0.717, 1.165) is 19.3 Å². The first-order valence-electron chi connectivity index (χ1n) is 10.6. The van der Waals surface area contributed by atoms with Crippen LogP contribution in [0, 0.1) is 0 Å². The van der Waals surface area contributed by atoms with Crippen LogP contribution in [0.5, 0.6) is 0 Å². The molecule has 1 aliphatic rings. The number of carbonyl (C=O) groups excluding carboxylic acids is 1. The van der Waals surface area contributed by atoms with E-state index in [1.807, 2.05) is 0 Å².